The summed E-state index contributed by atoms with van der Waals surface area (Å²) in [5.74, 6) is 1.55. The van der Waals surface area contributed by atoms with Gasteiger partial charge in [0.05, 0.1) is 6.10 Å². The number of benzene rings is 2. The van der Waals surface area contributed by atoms with E-state index in [1.54, 1.807) is 6.20 Å². The number of nitrogens with zero attached hydrogens (tertiary/aromatic N) is 3. The Morgan fingerprint density at radius 1 is 1.06 bits per heavy atom. The maximum atomic E-state index is 10.6. The minimum Gasteiger partial charge on any atom is -0.387 e. The summed E-state index contributed by atoms with van der Waals surface area (Å²) in [5, 5.41) is 17.1. The number of halogens is 1. The molecule has 6 nitrogen and oxygen atoms in total. The van der Waals surface area contributed by atoms with Gasteiger partial charge in [0.25, 0.3) is 0 Å². The molecule has 3 aromatic rings. The van der Waals surface area contributed by atoms with Crippen LogP contribution in [0, 0.1) is 0 Å². The first kappa shape index (κ1) is 26.9. The topological polar surface area (TPSA) is 74.5 Å². The molecule has 0 amide bonds. The Morgan fingerprint density at radius 3 is 2.39 bits per heavy atom. The lowest BCUT2D eigenvalue weighted by molar-refractivity contribution is 0.181. The van der Waals surface area contributed by atoms with Crippen LogP contribution in [-0.2, 0) is 18.5 Å². The Morgan fingerprint density at radius 2 is 1.76 bits per heavy atom. The molecule has 0 spiro atoms. The minimum atomic E-state index is -0.618. The van der Waals surface area contributed by atoms with Crippen molar-refractivity contribution >= 4 is 29.9 Å². The van der Waals surface area contributed by atoms with Crippen LogP contribution in [0.25, 0.3) is 0 Å². The molecule has 1 atom stereocenters. The average Bonchev–Trinajstić information content (AvgIpc) is 3.22. The Balaban J connectivity index is 0.00000385. The number of aliphatic hydroxyl groups is 1. The smallest absolute Gasteiger partial charge is 0.191 e. The zero-order valence-electron chi connectivity index (χ0n) is 20.0. The zero-order chi connectivity index (χ0) is 23.0. The predicted octanol–water partition coefficient (Wildman–Crippen LogP) is 4.64. The monoisotopic (exact) mass is 561 g/mol. The molecule has 2 aromatic carbocycles. The van der Waals surface area contributed by atoms with Crippen molar-refractivity contribution < 1.29 is 5.11 Å². The van der Waals surface area contributed by atoms with Gasteiger partial charge < -0.3 is 20.3 Å². The lowest BCUT2D eigenvalue weighted by Gasteiger charge is -2.20. The third-order valence-corrected chi connectivity index (χ3v) is 5.34. The second-order valence-corrected chi connectivity index (χ2v) is 8.92. The Labute approximate surface area is 214 Å². The highest BCUT2D eigenvalue weighted by Gasteiger charge is 2.15. The van der Waals surface area contributed by atoms with Gasteiger partial charge in [-0.2, -0.15) is 0 Å². The summed E-state index contributed by atoms with van der Waals surface area (Å²) < 4.78 is 2.11. The van der Waals surface area contributed by atoms with Crippen molar-refractivity contribution in [2.75, 3.05) is 13.1 Å². The van der Waals surface area contributed by atoms with Crippen LogP contribution >= 0.6 is 24.0 Å². The second kappa shape index (κ2) is 12.7. The van der Waals surface area contributed by atoms with Crippen LogP contribution in [0.2, 0.25) is 0 Å². The van der Waals surface area contributed by atoms with Gasteiger partial charge in [-0.25, -0.2) is 9.98 Å². The Kier molecular flexibility index (Phi) is 10.4. The van der Waals surface area contributed by atoms with Gasteiger partial charge in [-0.3, -0.25) is 0 Å². The van der Waals surface area contributed by atoms with E-state index in [-0.39, 0.29) is 29.4 Å². The molecule has 178 valence electrons. The number of imidazole rings is 1. The number of nitrogens with one attached hydrogen (secondary N) is 2. The van der Waals surface area contributed by atoms with Crippen LogP contribution in [0.15, 0.2) is 72.0 Å². The number of aliphatic hydroxyl groups excluding tert-OH is 1. The number of hydrogen-bond acceptors (Lipinski definition) is 3. The quantitative estimate of drug-likeness (QED) is 0.213. The molecule has 0 bridgehead atoms. The van der Waals surface area contributed by atoms with Crippen LogP contribution in [-0.4, -0.2) is 33.7 Å². The SMILES string of the molecule is CCNC(=NCc1nccn1Cc1ccccc1)NCC(O)c1ccc(C(C)(C)C)cc1.I. The maximum absolute atomic E-state index is 10.6. The Hall–Kier alpha value is -2.39. The van der Waals surface area contributed by atoms with Gasteiger partial charge in [0.1, 0.15) is 12.4 Å². The van der Waals surface area contributed by atoms with Gasteiger partial charge in [-0.1, -0.05) is 75.4 Å². The van der Waals surface area contributed by atoms with E-state index in [1.807, 2.05) is 43.5 Å². The maximum Gasteiger partial charge on any atom is 0.191 e. The van der Waals surface area contributed by atoms with E-state index in [0.29, 0.717) is 19.0 Å². The van der Waals surface area contributed by atoms with E-state index in [2.05, 4.69) is 70.2 Å². The highest BCUT2D eigenvalue weighted by atomic mass is 127. The summed E-state index contributed by atoms with van der Waals surface area (Å²) in [6.45, 7) is 10.9. The van der Waals surface area contributed by atoms with Crippen molar-refractivity contribution in [1.29, 1.82) is 0 Å². The van der Waals surface area contributed by atoms with Gasteiger partial charge in [0.15, 0.2) is 5.96 Å². The molecule has 0 aliphatic heterocycles. The fraction of sp³-hybridized carbons (Fsp3) is 0.385. The standard InChI is InChI=1S/C26H35N5O.HI/c1-5-27-25(29-17-23(32)21-11-13-22(14-12-21)26(2,3)4)30-18-24-28-15-16-31(24)19-20-9-7-6-8-10-20;/h6-16,23,32H,5,17-19H2,1-4H3,(H2,27,29,30);1H. The number of rotatable bonds is 8. The first-order chi connectivity index (χ1) is 15.4. The molecule has 0 saturated heterocycles. The molecule has 0 radical (unpaired) electrons. The zero-order valence-corrected chi connectivity index (χ0v) is 22.3. The molecular formula is C26H36IN5O. The highest BCUT2D eigenvalue weighted by molar-refractivity contribution is 14.0. The number of hydrogen-bond donors (Lipinski definition) is 3. The summed E-state index contributed by atoms with van der Waals surface area (Å²) >= 11 is 0. The summed E-state index contributed by atoms with van der Waals surface area (Å²) in [6, 6.07) is 18.5. The Bertz CT molecular complexity index is 994. The van der Waals surface area contributed by atoms with Gasteiger partial charge in [0.2, 0.25) is 0 Å². The van der Waals surface area contributed by atoms with E-state index in [4.69, 9.17) is 0 Å². The molecule has 1 heterocycles. The number of aliphatic imine (C=N–C) groups is 1. The van der Waals surface area contributed by atoms with Crippen molar-refractivity contribution in [3.8, 4) is 0 Å². The lowest BCUT2D eigenvalue weighted by atomic mass is 9.86. The molecule has 0 saturated carbocycles. The van der Waals surface area contributed by atoms with Crippen molar-refractivity contribution in [1.82, 2.24) is 20.2 Å². The molecule has 0 fully saturated rings. The van der Waals surface area contributed by atoms with Gasteiger partial charge in [-0.05, 0) is 29.0 Å². The third-order valence-electron chi connectivity index (χ3n) is 5.34. The third kappa shape index (κ3) is 8.16. The first-order valence-corrected chi connectivity index (χ1v) is 11.2. The van der Waals surface area contributed by atoms with Crippen LogP contribution in [0.1, 0.15) is 56.3 Å². The normalized spacial score (nSPS) is 12.7. The molecule has 1 unspecified atom stereocenters. The molecule has 3 rings (SSSR count). The molecule has 33 heavy (non-hydrogen) atoms. The largest absolute Gasteiger partial charge is 0.387 e. The van der Waals surface area contributed by atoms with Crippen molar-refractivity contribution in [3.63, 3.8) is 0 Å². The predicted molar refractivity (Wildman–Crippen MR) is 146 cm³/mol. The van der Waals surface area contributed by atoms with E-state index in [1.165, 1.54) is 11.1 Å². The molecule has 0 aliphatic rings. The van der Waals surface area contributed by atoms with E-state index in [9.17, 15) is 5.11 Å². The van der Waals surface area contributed by atoms with Crippen molar-refractivity contribution in [2.45, 2.75) is 52.3 Å². The molecule has 7 heteroatoms. The number of aromatic nitrogens is 2. The van der Waals surface area contributed by atoms with Gasteiger partial charge in [0, 0.05) is 32.0 Å². The van der Waals surface area contributed by atoms with Crippen molar-refractivity contribution in [3.05, 3.63) is 89.5 Å². The van der Waals surface area contributed by atoms with Gasteiger partial charge in [-0.15, -0.1) is 24.0 Å². The fourth-order valence-electron chi connectivity index (χ4n) is 3.42. The summed E-state index contributed by atoms with van der Waals surface area (Å²) in [5.41, 5.74) is 3.46. The molecule has 3 N–H and O–H groups in total. The summed E-state index contributed by atoms with van der Waals surface area (Å²) in [6.07, 6.45) is 3.16. The van der Waals surface area contributed by atoms with E-state index < -0.39 is 6.10 Å². The second-order valence-electron chi connectivity index (χ2n) is 8.92. The van der Waals surface area contributed by atoms with Crippen molar-refractivity contribution in [2.24, 2.45) is 4.99 Å². The molecule has 0 aliphatic carbocycles. The molecular weight excluding hydrogens is 525 g/mol. The minimum absolute atomic E-state index is 0. The van der Waals surface area contributed by atoms with Crippen LogP contribution in [0.4, 0.5) is 0 Å². The first-order valence-electron chi connectivity index (χ1n) is 11.2. The van der Waals surface area contributed by atoms with E-state index >= 15 is 0 Å². The van der Waals surface area contributed by atoms with Crippen LogP contribution in [0.5, 0.6) is 0 Å². The summed E-state index contributed by atoms with van der Waals surface area (Å²) in [7, 11) is 0. The molecule has 1 aromatic heterocycles. The van der Waals surface area contributed by atoms with E-state index in [0.717, 1.165) is 24.5 Å². The fourth-order valence-corrected chi connectivity index (χ4v) is 3.42. The van der Waals surface area contributed by atoms with Gasteiger partial charge >= 0.3 is 0 Å². The van der Waals surface area contributed by atoms with Crippen LogP contribution in [0.3, 0.4) is 0 Å². The highest BCUT2D eigenvalue weighted by Crippen LogP contribution is 2.23. The van der Waals surface area contributed by atoms with Crippen LogP contribution < -0.4 is 10.6 Å². The average molecular weight is 562 g/mol. The summed E-state index contributed by atoms with van der Waals surface area (Å²) in [4.78, 5) is 9.14. The lowest BCUT2D eigenvalue weighted by Crippen LogP contribution is -2.39. The number of guanidine groups is 1.